The quantitative estimate of drug-likeness (QED) is 0.651. The molecule has 2 rings (SSSR count). The van der Waals surface area contributed by atoms with Crippen LogP contribution in [0.15, 0.2) is 46.2 Å². The van der Waals surface area contributed by atoms with Crippen molar-refractivity contribution < 1.29 is 26.7 Å². The van der Waals surface area contributed by atoms with E-state index in [1.807, 2.05) is 0 Å². The SMILES string of the molecule is CCN(CC)S(=O)(=O)c1cc(C)c(C)c(NS(=O)(=O)c2cccc(C(=O)O)c2)c1. The standard InChI is InChI=1S/C19H24N2O6S2/c1-5-21(6-2)29(26,27)17-10-13(3)14(4)18(12-17)20-28(24,25)16-9-7-8-15(11-16)19(22)23/h7-12,20H,5-6H2,1-4H3,(H,22,23). The van der Waals surface area contributed by atoms with Crippen LogP contribution in [-0.4, -0.2) is 45.3 Å². The van der Waals surface area contributed by atoms with Gasteiger partial charge in [-0.05, 0) is 55.3 Å². The Balaban J connectivity index is 2.54. The molecular formula is C19H24N2O6S2. The Morgan fingerprint density at radius 3 is 2.17 bits per heavy atom. The normalized spacial score (nSPS) is 12.2. The van der Waals surface area contributed by atoms with Gasteiger partial charge in [-0.1, -0.05) is 19.9 Å². The maximum Gasteiger partial charge on any atom is 0.335 e. The number of rotatable bonds is 8. The van der Waals surface area contributed by atoms with Gasteiger partial charge in [0.05, 0.1) is 21.0 Å². The van der Waals surface area contributed by atoms with Crippen LogP contribution in [0.2, 0.25) is 0 Å². The van der Waals surface area contributed by atoms with Crippen molar-refractivity contribution in [2.24, 2.45) is 0 Å². The van der Waals surface area contributed by atoms with Gasteiger partial charge < -0.3 is 5.11 Å². The molecule has 158 valence electrons. The number of carboxylic acids is 1. The van der Waals surface area contributed by atoms with Crippen LogP contribution in [0.25, 0.3) is 0 Å². The maximum absolute atomic E-state index is 12.8. The van der Waals surface area contributed by atoms with Gasteiger partial charge >= 0.3 is 5.97 Å². The van der Waals surface area contributed by atoms with Crippen molar-refractivity contribution in [1.82, 2.24) is 4.31 Å². The van der Waals surface area contributed by atoms with E-state index in [2.05, 4.69) is 4.72 Å². The van der Waals surface area contributed by atoms with E-state index in [0.29, 0.717) is 11.1 Å². The fourth-order valence-corrected chi connectivity index (χ4v) is 5.52. The summed E-state index contributed by atoms with van der Waals surface area (Å²) in [5.74, 6) is -1.25. The van der Waals surface area contributed by atoms with Crippen molar-refractivity contribution in [2.75, 3.05) is 17.8 Å². The number of nitrogens with one attached hydrogen (secondary N) is 1. The van der Waals surface area contributed by atoms with Crippen molar-refractivity contribution in [2.45, 2.75) is 37.5 Å². The second-order valence-electron chi connectivity index (χ2n) is 6.44. The van der Waals surface area contributed by atoms with Crippen LogP contribution in [0, 0.1) is 13.8 Å². The first-order chi connectivity index (χ1) is 13.4. The summed E-state index contributed by atoms with van der Waals surface area (Å²) in [7, 11) is -7.90. The molecule has 0 aliphatic carbocycles. The molecule has 0 unspecified atom stereocenters. The van der Waals surface area contributed by atoms with E-state index in [9.17, 15) is 21.6 Å². The summed E-state index contributed by atoms with van der Waals surface area (Å²) in [6.07, 6.45) is 0. The van der Waals surface area contributed by atoms with Crippen LogP contribution in [0.3, 0.4) is 0 Å². The van der Waals surface area contributed by atoms with Crippen LogP contribution < -0.4 is 4.72 Å². The minimum absolute atomic E-state index is 0.0127. The van der Waals surface area contributed by atoms with Crippen LogP contribution in [-0.2, 0) is 20.0 Å². The maximum atomic E-state index is 12.8. The number of carbonyl (C=O) groups is 1. The van der Waals surface area contributed by atoms with Gasteiger partial charge in [0.1, 0.15) is 0 Å². The van der Waals surface area contributed by atoms with E-state index in [1.165, 1.54) is 34.6 Å². The molecule has 8 nitrogen and oxygen atoms in total. The van der Waals surface area contributed by atoms with Crippen LogP contribution in [0.1, 0.15) is 35.3 Å². The number of benzene rings is 2. The molecule has 2 N–H and O–H groups in total. The molecular weight excluding hydrogens is 416 g/mol. The first-order valence-corrected chi connectivity index (χ1v) is 11.8. The molecule has 0 aliphatic rings. The molecule has 0 saturated heterocycles. The number of hydrogen-bond acceptors (Lipinski definition) is 5. The highest BCUT2D eigenvalue weighted by Gasteiger charge is 2.25. The summed E-state index contributed by atoms with van der Waals surface area (Å²) in [5, 5.41) is 9.08. The molecule has 29 heavy (non-hydrogen) atoms. The summed E-state index contributed by atoms with van der Waals surface area (Å²) < 4.78 is 54.9. The lowest BCUT2D eigenvalue weighted by Crippen LogP contribution is -2.30. The van der Waals surface area contributed by atoms with E-state index in [0.717, 1.165) is 6.07 Å². The van der Waals surface area contributed by atoms with Crippen LogP contribution >= 0.6 is 0 Å². The Hall–Kier alpha value is -2.43. The Kier molecular flexibility index (Phi) is 6.71. The molecule has 0 heterocycles. The van der Waals surface area contributed by atoms with Gasteiger partial charge in [-0.15, -0.1) is 0 Å². The van der Waals surface area contributed by atoms with Gasteiger partial charge in [-0.25, -0.2) is 21.6 Å². The van der Waals surface area contributed by atoms with Gasteiger partial charge in [0, 0.05) is 13.1 Å². The summed E-state index contributed by atoms with van der Waals surface area (Å²) in [4.78, 5) is 10.9. The Bertz CT molecular complexity index is 1140. The summed E-state index contributed by atoms with van der Waals surface area (Å²) in [5.41, 5.74) is 1.13. The topological polar surface area (TPSA) is 121 Å². The van der Waals surface area contributed by atoms with E-state index in [-0.39, 0.29) is 34.1 Å². The van der Waals surface area contributed by atoms with Gasteiger partial charge in [-0.2, -0.15) is 4.31 Å². The molecule has 0 atom stereocenters. The lowest BCUT2D eigenvalue weighted by atomic mass is 10.1. The number of nitrogens with zero attached hydrogens (tertiary/aromatic N) is 1. The van der Waals surface area contributed by atoms with Crippen LogP contribution in [0.5, 0.6) is 0 Å². The highest BCUT2D eigenvalue weighted by Crippen LogP contribution is 2.28. The summed E-state index contributed by atoms with van der Waals surface area (Å²) in [6.45, 7) is 7.39. The van der Waals surface area contributed by atoms with Crippen molar-refractivity contribution >= 4 is 31.7 Å². The Morgan fingerprint density at radius 2 is 1.62 bits per heavy atom. The third-order valence-electron chi connectivity index (χ3n) is 4.62. The number of anilines is 1. The molecule has 2 aromatic rings. The number of aryl methyl sites for hydroxylation is 1. The van der Waals surface area contributed by atoms with Crippen molar-refractivity contribution in [3.05, 3.63) is 53.1 Å². The molecule has 10 heteroatoms. The van der Waals surface area contributed by atoms with Gasteiger partial charge in [0.2, 0.25) is 10.0 Å². The minimum atomic E-state index is -4.12. The predicted octanol–water partition coefficient (Wildman–Crippen LogP) is 2.83. The lowest BCUT2D eigenvalue weighted by molar-refractivity contribution is 0.0696. The Labute approximate surface area is 171 Å². The Morgan fingerprint density at radius 1 is 1.00 bits per heavy atom. The minimum Gasteiger partial charge on any atom is -0.478 e. The number of sulfonamides is 2. The molecule has 0 aromatic heterocycles. The first-order valence-electron chi connectivity index (χ1n) is 8.91. The molecule has 0 radical (unpaired) electrons. The summed E-state index contributed by atoms with van der Waals surface area (Å²) in [6, 6.07) is 7.72. The summed E-state index contributed by atoms with van der Waals surface area (Å²) >= 11 is 0. The molecule has 0 fully saturated rings. The second kappa shape index (κ2) is 8.52. The smallest absolute Gasteiger partial charge is 0.335 e. The fraction of sp³-hybridized carbons (Fsp3) is 0.316. The highest BCUT2D eigenvalue weighted by molar-refractivity contribution is 7.92. The number of aromatic carboxylic acids is 1. The van der Waals surface area contributed by atoms with E-state index in [1.54, 1.807) is 27.7 Å². The van der Waals surface area contributed by atoms with Crippen molar-refractivity contribution in [3.8, 4) is 0 Å². The number of carboxylic acid groups (broad SMARTS) is 1. The largest absolute Gasteiger partial charge is 0.478 e. The van der Waals surface area contributed by atoms with E-state index < -0.39 is 26.0 Å². The molecule has 0 saturated carbocycles. The van der Waals surface area contributed by atoms with Gasteiger partial charge in [-0.3, -0.25) is 4.72 Å². The zero-order chi connectivity index (χ0) is 22.0. The molecule has 0 aliphatic heterocycles. The third kappa shape index (κ3) is 4.77. The van der Waals surface area contributed by atoms with Crippen molar-refractivity contribution in [1.29, 1.82) is 0 Å². The predicted molar refractivity (Wildman–Crippen MR) is 110 cm³/mol. The molecule has 0 bridgehead atoms. The van der Waals surface area contributed by atoms with Gasteiger partial charge in [0.15, 0.2) is 0 Å². The third-order valence-corrected chi connectivity index (χ3v) is 8.01. The second-order valence-corrected chi connectivity index (χ2v) is 10.1. The highest BCUT2D eigenvalue weighted by atomic mass is 32.2. The molecule has 0 amide bonds. The monoisotopic (exact) mass is 440 g/mol. The van der Waals surface area contributed by atoms with E-state index in [4.69, 9.17) is 5.11 Å². The zero-order valence-corrected chi connectivity index (χ0v) is 18.3. The van der Waals surface area contributed by atoms with E-state index >= 15 is 0 Å². The van der Waals surface area contributed by atoms with Crippen LogP contribution in [0.4, 0.5) is 5.69 Å². The zero-order valence-electron chi connectivity index (χ0n) is 16.6. The fourth-order valence-electron chi connectivity index (χ4n) is 2.79. The first kappa shape index (κ1) is 22.9. The number of hydrogen-bond donors (Lipinski definition) is 2. The molecule has 2 aromatic carbocycles. The lowest BCUT2D eigenvalue weighted by Gasteiger charge is -2.20. The van der Waals surface area contributed by atoms with Crippen molar-refractivity contribution in [3.63, 3.8) is 0 Å². The average Bonchev–Trinajstić information content (AvgIpc) is 2.65. The average molecular weight is 441 g/mol. The van der Waals surface area contributed by atoms with Gasteiger partial charge in [0.25, 0.3) is 10.0 Å². The molecule has 0 spiro atoms.